The fraction of sp³-hybridized carbons (Fsp3) is 0.417. The first-order valence-electron chi connectivity index (χ1n) is 5.72. The highest BCUT2D eigenvalue weighted by Crippen LogP contribution is 2.17. The van der Waals surface area contributed by atoms with E-state index in [1.807, 2.05) is 0 Å². The van der Waals surface area contributed by atoms with Gasteiger partial charge in [0.1, 0.15) is 5.75 Å². The van der Waals surface area contributed by atoms with E-state index in [-0.39, 0.29) is 23.6 Å². The molecule has 0 aliphatic carbocycles. The summed E-state index contributed by atoms with van der Waals surface area (Å²) in [6, 6.07) is 4.66. The molecule has 1 aromatic carbocycles. The van der Waals surface area contributed by atoms with Crippen molar-refractivity contribution in [1.82, 2.24) is 9.62 Å². The second-order valence-electron chi connectivity index (χ2n) is 4.37. The number of carbonyl (C=O) groups is 1. The molecule has 0 spiro atoms. The van der Waals surface area contributed by atoms with Crippen molar-refractivity contribution in [2.75, 3.05) is 26.4 Å². The Balaban J connectivity index is 2.64. The van der Waals surface area contributed by atoms with Crippen molar-refractivity contribution in [2.24, 2.45) is 0 Å². The molecule has 0 heterocycles. The summed E-state index contributed by atoms with van der Waals surface area (Å²) in [6.07, 6.45) is 0. The van der Waals surface area contributed by atoms with Crippen molar-refractivity contribution < 1.29 is 18.3 Å². The summed E-state index contributed by atoms with van der Waals surface area (Å²) in [6.45, 7) is 1.79. The molecular weight excluding hydrogens is 268 g/mol. The molecule has 19 heavy (non-hydrogen) atoms. The zero-order valence-corrected chi connectivity index (χ0v) is 12.0. The van der Waals surface area contributed by atoms with Gasteiger partial charge in [-0.05, 0) is 19.1 Å². The molecule has 0 radical (unpaired) electrons. The molecule has 0 unspecified atom stereocenters. The number of phenolic OH excluding ortho intramolecular Hbond substituents is 1. The first kappa shape index (κ1) is 15.5. The van der Waals surface area contributed by atoms with Gasteiger partial charge in [0.25, 0.3) is 5.91 Å². The first-order chi connectivity index (χ1) is 8.74. The summed E-state index contributed by atoms with van der Waals surface area (Å²) in [7, 11) is -0.470. The highest BCUT2D eigenvalue weighted by atomic mass is 32.2. The van der Waals surface area contributed by atoms with Gasteiger partial charge in [0, 0.05) is 20.6 Å². The third-order valence-electron chi connectivity index (χ3n) is 2.60. The van der Waals surface area contributed by atoms with Gasteiger partial charge < -0.3 is 10.4 Å². The number of nitrogens with one attached hydrogen (secondary N) is 1. The molecule has 0 atom stereocenters. The lowest BCUT2D eigenvalue weighted by molar-refractivity contribution is 0.0953. The highest BCUT2D eigenvalue weighted by Gasteiger charge is 2.15. The van der Waals surface area contributed by atoms with Crippen molar-refractivity contribution in [3.63, 3.8) is 0 Å². The minimum Gasteiger partial charge on any atom is -0.507 e. The Morgan fingerprint density at radius 2 is 2.00 bits per heavy atom. The van der Waals surface area contributed by atoms with Gasteiger partial charge in [0.05, 0.1) is 11.3 Å². The van der Waals surface area contributed by atoms with Crippen molar-refractivity contribution in [3.8, 4) is 5.75 Å². The van der Waals surface area contributed by atoms with Crippen LogP contribution in [0.1, 0.15) is 15.9 Å². The summed E-state index contributed by atoms with van der Waals surface area (Å²) in [5.74, 6) is -0.799. The van der Waals surface area contributed by atoms with Crippen LogP contribution in [0, 0.1) is 6.92 Å². The molecule has 1 aromatic rings. The summed E-state index contributed by atoms with van der Waals surface area (Å²) in [4.78, 5) is 11.8. The summed E-state index contributed by atoms with van der Waals surface area (Å²) in [5.41, 5.74) is 0.978. The standard InChI is InChI=1S/C12H18N2O4S/c1-9-4-5-11(15)10(8-9)12(16)13-6-7-19(17,18)14(2)3/h4-5,8,15H,6-7H2,1-3H3,(H,13,16). The third kappa shape index (κ3) is 4.22. The second kappa shape index (κ2) is 6.03. The van der Waals surface area contributed by atoms with Crippen LogP contribution < -0.4 is 5.32 Å². The van der Waals surface area contributed by atoms with E-state index in [0.717, 1.165) is 9.87 Å². The summed E-state index contributed by atoms with van der Waals surface area (Å²) in [5, 5.41) is 12.0. The maximum absolute atomic E-state index is 11.8. The normalized spacial score (nSPS) is 11.6. The number of phenols is 1. The third-order valence-corrected chi connectivity index (χ3v) is 4.43. The molecule has 0 aliphatic rings. The van der Waals surface area contributed by atoms with Crippen molar-refractivity contribution in [3.05, 3.63) is 29.3 Å². The number of nitrogens with zero attached hydrogens (tertiary/aromatic N) is 1. The molecule has 106 valence electrons. The van der Waals surface area contributed by atoms with Gasteiger partial charge in [0.15, 0.2) is 0 Å². The quantitative estimate of drug-likeness (QED) is 0.816. The number of hydrogen-bond acceptors (Lipinski definition) is 4. The molecule has 0 saturated heterocycles. The number of carbonyl (C=O) groups excluding carboxylic acids is 1. The lowest BCUT2D eigenvalue weighted by Crippen LogP contribution is -2.33. The van der Waals surface area contributed by atoms with Gasteiger partial charge in [-0.15, -0.1) is 0 Å². The Morgan fingerprint density at radius 1 is 1.37 bits per heavy atom. The molecule has 0 aromatic heterocycles. The maximum atomic E-state index is 11.8. The minimum atomic E-state index is -3.34. The van der Waals surface area contributed by atoms with Crippen LogP contribution in [0.15, 0.2) is 18.2 Å². The molecule has 1 rings (SSSR count). The summed E-state index contributed by atoms with van der Waals surface area (Å²) >= 11 is 0. The Hall–Kier alpha value is -1.60. The Kier molecular flexibility index (Phi) is 4.90. The fourth-order valence-corrected chi connectivity index (χ4v) is 2.13. The molecule has 1 amide bonds. The van der Waals surface area contributed by atoms with E-state index >= 15 is 0 Å². The maximum Gasteiger partial charge on any atom is 0.255 e. The van der Waals surface area contributed by atoms with E-state index < -0.39 is 15.9 Å². The molecular formula is C12H18N2O4S. The number of sulfonamides is 1. The number of aromatic hydroxyl groups is 1. The zero-order valence-electron chi connectivity index (χ0n) is 11.2. The molecule has 0 saturated carbocycles. The van der Waals surface area contributed by atoms with Crippen LogP contribution in [0.2, 0.25) is 0 Å². The van der Waals surface area contributed by atoms with Gasteiger partial charge >= 0.3 is 0 Å². The van der Waals surface area contributed by atoms with E-state index in [0.29, 0.717) is 0 Å². The average Bonchev–Trinajstić information content (AvgIpc) is 2.31. The number of hydrogen-bond donors (Lipinski definition) is 2. The molecule has 0 fully saturated rings. The van der Waals surface area contributed by atoms with Crippen LogP contribution in [0.3, 0.4) is 0 Å². The van der Waals surface area contributed by atoms with E-state index in [9.17, 15) is 18.3 Å². The van der Waals surface area contributed by atoms with Gasteiger partial charge in [-0.1, -0.05) is 11.6 Å². The Morgan fingerprint density at radius 3 is 2.58 bits per heavy atom. The van der Waals surface area contributed by atoms with Crippen LogP contribution >= 0.6 is 0 Å². The lowest BCUT2D eigenvalue weighted by atomic mass is 10.1. The van der Waals surface area contributed by atoms with E-state index in [1.165, 1.54) is 20.2 Å². The highest BCUT2D eigenvalue weighted by molar-refractivity contribution is 7.89. The largest absolute Gasteiger partial charge is 0.507 e. The first-order valence-corrected chi connectivity index (χ1v) is 7.33. The van der Waals surface area contributed by atoms with Gasteiger partial charge in [-0.3, -0.25) is 4.79 Å². The van der Waals surface area contributed by atoms with Gasteiger partial charge in [-0.2, -0.15) is 0 Å². The van der Waals surface area contributed by atoms with Crippen LogP contribution in [0.5, 0.6) is 5.75 Å². The van der Waals surface area contributed by atoms with Crippen LogP contribution in [0.25, 0.3) is 0 Å². The van der Waals surface area contributed by atoms with Crippen molar-refractivity contribution in [2.45, 2.75) is 6.92 Å². The Labute approximate surface area is 113 Å². The summed E-state index contributed by atoms with van der Waals surface area (Å²) < 4.78 is 24.1. The number of aryl methyl sites for hydroxylation is 1. The molecule has 6 nitrogen and oxygen atoms in total. The average molecular weight is 286 g/mol. The van der Waals surface area contributed by atoms with Crippen LogP contribution in [0.4, 0.5) is 0 Å². The number of rotatable bonds is 5. The molecule has 2 N–H and O–H groups in total. The van der Waals surface area contributed by atoms with Crippen LogP contribution in [-0.2, 0) is 10.0 Å². The number of benzene rings is 1. The Bertz CT molecular complexity index is 567. The van der Waals surface area contributed by atoms with Crippen LogP contribution in [-0.4, -0.2) is 50.1 Å². The number of amides is 1. The predicted molar refractivity (Wildman–Crippen MR) is 72.7 cm³/mol. The lowest BCUT2D eigenvalue weighted by Gasteiger charge is -2.12. The predicted octanol–water partition coefficient (Wildman–Crippen LogP) is 0.322. The fourth-order valence-electron chi connectivity index (χ4n) is 1.40. The smallest absolute Gasteiger partial charge is 0.255 e. The van der Waals surface area contributed by atoms with E-state index in [2.05, 4.69) is 5.32 Å². The van der Waals surface area contributed by atoms with Gasteiger partial charge in [0.2, 0.25) is 10.0 Å². The topological polar surface area (TPSA) is 86.7 Å². The monoisotopic (exact) mass is 286 g/mol. The van der Waals surface area contributed by atoms with Crippen molar-refractivity contribution in [1.29, 1.82) is 0 Å². The second-order valence-corrected chi connectivity index (χ2v) is 6.68. The molecule has 0 aliphatic heterocycles. The zero-order chi connectivity index (χ0) is 14.6. The SMILES string of the molecule is Cc1ccc(O)c(C(=O)NCCS(=O)(=O)N(C)C)c1. The van der Waals surface area contributed by atoms with E-state index in [4.69, 9.17) is 0 Å². The van der Waals surface area contributed by atoms with Crippen molar-refractivity contribution >= 4 is 15.9 Å². The molecule has 7 heteroatoms. The molecule has 0 bridgehead atoms. The van der Waals surface area contributed by atoms with E-state index in [1.54, 1.807) is 19.1 Å². The van der Waals surface area contributed by atoms with Gasteiger partial charge in [-0.25, -0.2) is 12.7 Å². The minimum absolute atomic E-state index is 0.00721.